The Morgan fingerprint density at radius 2 is 1.94 bits per heavy atom. The smallest absolute Gasteiger partial charge is 0.305 e. The number of methoxy groups -OCH3 is 1. The molecule has 0 heterocycles. The third-order valence-electron chi connectivity index (χ3n) is 6.40. The lowest BCUT2D eigenvalue weighted by Crippen LogP contribution is -2.24. The van der Waals surface area contributed by atoms with Crippen LogP contribution in [-0.2, 0) is 19.1 Å². The molecule has 32 heavy (non-hydrogen) atoms. The lowest BCUT2D eigenvalue weighted by Gasteiger charge is -2.29. The summed E-state index contributed by atoms with van der Waals surface area (Å²) in [5.41, 5.74) is 2.32. The summed E-state index contributed by atoms with van der Waals surface area (Å²) in [5, 5.41) is 0. The standard InChI is InChI=1S/C27H39ClO4/c1-4-5-8-13-25(32-21(2)29)23-17-15-22(16-18-23)24-12-11-20-27(24,28)19-10-7-6-9-14-26(30)31-3/h7,10,15-18,24-25H,4-6,8-9,11-14,19-20H2,1-3H3/t24-,25?,27-/m0/s1. The molecule has 0 amide bonds. The number of ether oxygens (including phenoxy) is 2. The molecule has 1 saturated carbocycles. The van der Waals surface area contributed by atoms with Crippen LogP contribution >= 0.6 is 11.6 Å². The first-order valence-electron chi connectivity index (χ1n) is 12.1. The van der Waals surface area contributed by atoms with E-state index in [0.717, 1.165) is 69.8 Å². The summed E-state index contributed by atoms with van der Waals surface area (Å²) in [5.74, 6) is -0.0810. The molecular weight excluding hydrogens is 424 g/mol. The Balaban J connectivity index is 1.98. The van der Waals surface area contributed by atoms with Crippen LogP contribution in [0.25, 0.3) is 0 Å². The Morgan fingerprint density at radius 3 is 2.59 bits per heavy atom. The van der Waals surface area contributed by atoms with Crippen molar-refractivity contribution in [3.05, 3.63) is 47.5 Å². The molecule has 2 rings (SSSR count). The topological polar surface area (TPSA) is 52.6 Å². The first-order valence-corrected chi connectivity index (χ1v) is 12.4. The highest BCUT2D eigenvalue weighted by molar-refractivity contribution is 6.24. The molecule has 4 nitrogen and oxygen atoms in total. The highest BCUT2D eigenvalue weighted by Crippen LogP contribution is 2.49. The number of carbonyl (C=O) groups excluding carboxylic acids is 2. The van der Waals surface area contributed by atoms with Gasteiger partial charge in [0.05, 0.1) is 12.0 Å². The molecule has 1 aromatic carbocycles. The van der Waals surface area contributed by atoms with Crippen LogP contribution in [0.15, 0.2) is 36.4 Å². The number of halogens is 1. The normalized spacial score (nSPS) is 21.6. The zero-order chi connectivity index (χ0) is 23.4. The Kier molecular flexibility index (Phi) is 11.3. The highest BCUT2D eigenvalue weighted by Gasteiger charge is 2.41. The van der Waals surface area contributed by atoms with Gasteiger partial charge in [0.15, 0.2) is 0 Å². The van der Waals surface area contributed by atoms with Crippen molar-refractivity contribution < 1.29 is 19.1 Å². The second kappa shape index (κ2) is 13.7. The molecule has 0 radical (unpaired) electrons. The summed E-state index contributed by atoms with van der Waals surface area (Å²) in [7, 11) is 1.42. The molecule has 5 heteroatoms. The second-order valence-electron chi connectivity index (χ2n) is 8.88. The van der Waals surface area contributed by atoms with Gasteiger partial charge < -0.3 is 9.47 Å². The highest BCUT2D eigenvalue weighted by atomic mass is 35.5. The van der Waals surface area contributed by atoms with Gasteiger partial charge in [-0.1, -0.05) is 62.6 Å². The van der Waals surface area contributed by atoms with E-state index in [1.54, 1.807) is 0 Å². The van der Waals surface area contributed by atoms with E-state index in [0.29, 0.717) is 12.3 Å². The van der Waals surface area contributed by atoms with Crippen molar-refractivity contribution >= 4 is 23.5 Å². The molecular formula is C27H39ClO4. The molecule has 0 N–H and O–H groups in total. The molecule has 0 spiro atoms. The lowest BCUT2D eigenvalue weighted by atomic mass is 9.85. The van der Waals surface area contributed by atoms with Gasteiger partial charge in [-0.25, -0.2) is 0 Å². The summed E-state index contributed by atoms with van der Waals surface area (Å²) in [4.78, 5) is 22.5. The van der Waals surface area contributed by atoms with E-state index in [4.69, 9.17) is 16.3 Å². The Labute approximate surface area is 198 Å². The number of benzene rings is 1. The van der Waals surface area contributed by atoms with E-state index >= 15 is 0 Å². The number of allylic oxidation sites excluding steroid dienone is 2. The maximum absolute atomic E-state index is 11.6. The minimum atomic E-state index is -0.267. The van der Waals surface area contributed by atoms with Crippen LogP contribution in [0.3, 0.4) is 0 Å². The fourth-order valence-electron chi connectivity index (χ4n) is 4.62. The van der Waals surface area contributed by atoms with Crippen molar-refractivity contribution in [3.8, 4) is 0 Å². The maximum atomic E-state index is 11.6. The fraction of sp³-hybridized carbons (Fsp3) is 0.630. The van der Waals surface area contributed by atoms with Gasteiger partial charge in [-0.3, -0.25) is 9.59 Å². The minimum absolute atomic E-state index is 0.159. The predicted octanol–water partition coefficient (Wildman–Crippen LogP) is 7.41. The van der Waals surface area contributed by atoms with Crippen LogP contribution in [0.5, 0.6) is 0 Å². The number of alkyl halides is 1. The maximum Gasteiger partial charge on any atom is 0.305 e. The fourth-order valence-corrected chi connectivity index (χ4v) is 5.08. The third kappa shape index (κ3) is 8.27. The van der Waals surface area contributed by atoms with Gasteiger partial charge in [0.1, 0.15) is 6.10 Å². The Morgan fingerprint density at radius 1 is 1.19 bits per heavy atom. The summed E-state index contributed by atoms with van der Waals surface area (Å²) < 4.78 is 10.3. The van der Waals surface area contributed by atoms with Crippen LogP contribution in [0.4, 0.5) is 0 Å². The zero-order valence-electron chi connectivity index (χ0n) is 19.9. The molecule has 3 atom stereocenters. The molecule has 1 fully saturated rings. The first kappa shape index (κ1) is 26.4. The minimum Gasteiger partial charge on any atom is -0.469 e. The van der Waals surface area contributed by atoms with E-state index in [2.05, 4.69) is 48.1 Å². The van der Waals surface area contributed by atoms with Crippen molar-refractivity contribution in [2.24, 2.45) is 0 Å². The Bertz CT molecular complexity index is 743. The van der Waals surface area contributed by atoms with Gasteiger partial charge in [-0.05, 0) is 56.1 Å². The van der Waals surface area contributed by atoms with Gasteiger partial charge in [-0.15, -0.1) is 11.6 Å². The van der Waals surface area contributed by atoms with E-state index < -0.39 is 0 Å². The van der Waals surface area contributed by atoms with Gasteiger partial charge in [-0.2, -0.15) is 0 Å². The van der Waals surface area contributed by atoms with Gasteiger partial charge in [0.2, 0.25) is 0 Å². The molecule has 1 aromatic rings. The van der Waals surface area contributed by atoms with Crippen molar-refractivity contribution in [1.82, 2.24) is 0 Å². The van der Waals surface area contributed by atoms with Gasteiger partial charge >= 0.3 is 11.9 Å². The molecule has 0 aliphatic heterocycles. The average molecular weight is 463 g/mol. The third-order valence-corrected chi connectivity index (χ3v) is 7.01. The zero-order valence-corrected chi connectivity index (χ0v) is 20.7. The monoisotopic (exact) mass is 462 g/mol. The number of esters is 2. The summed E-state index contributed by atoms with van der Waals surface area (Å²) in [6, 6.07) is 8.54. The van der Waals surface area contributed by atoms with E-state index in [1.165, 1.54) is 19.6 Å². The predicted molar refractivity (Wildman–Crippen MR) is 130 cm³/mol. The second-order valence-corrected chi connectivity index (χ2v) is 9.64. The molecule has 1 unspecified atom stereocenters. The van der Waals surface area contributed by atoms with Crippen LogP contribution in [0, 0.1) is 0 Å². The van der Waals surface area contributed by atoms with Crippen molar-refractivity contribution in [2.75, 3.05) is 7.11 Å². The van der Waals surface area contributed by atoms with Crippen molar-refractivity contribution in [1.29, 1.82) is 0 Å². The van der Waals surface area contributed by atoms with E-state index in [-0.39, 0.29) is 22.9 Å². The van der Waals surface area contributed by atoms with Crippen molar-refractivity contribution in [3.63, 3.8) is 0 Å². The summed E-state index contributed by atoms with van der Waals surface area (Å²) in [6.07, 6.45) is 14.5. The SMILES string of the molecule is CCCCCC(OC(C)=O)c1ccc([C@@H]2CCC[C@@]2(Cl)CC=CCCCC(=O)OC)cc1. The van der Waals surface area contributed by atoms with Crippen molar-refractivity contribution in [2.45, 2.75) is 101 Å². The summed E-state index contributed by atoms with van der Waals surface area (Å²) >= 11 is 7.12. The van der Waals surface area contributed by atoms with Gasteiger partial charge in [0.25, 0.3) is 0 Å². The Hall–Kier alpha value is -1.81. The van der Waals surface area contributed by atoms with Crippen LogP contribution in [-0.4, -0.2) is 23.9 Å². The number of hydrogen-bond acceptors (Lipinski definition) is 4. The average Bonchev–Trinajstić information content (AvgIpc) is 3.16. The van der Waals surface area contributed by atoms with Crippen LogP contribution in [0.1, 0.15) is 108 Å². The quantitative estimate of drug-likeness (QED) is 0.132. The van der Waals surface area contributed by atoms with Crippen LogP contribution in [0.2, 0.25) is 0 Å². The summed E-state index contributed by atoms with van der Waals surface area (Å²) in [6.45, 7) is 3.65. The number of hydrogen-bond donors (Lipinski definition) is 0. The van der Waals surface area contributed by atoms with Crippen LogP contribution < -0.4 is 0 Å². The van der Waals surface area contributed by atoms with Gasteiger partial charge in [0, 0.05) is 19.3 Å². The molecule has 0 saturated heterocycles. The molecule has 1 aliphatic rings. The molecule has 0 bridgehead atoms. The molecule has 178 valence electrons. The lowest BCUT2D eigenvalue weighted by molar-refractivity contribution is -0.147. The number of unbranched alkanes of at least 4 members (excludes halogenated alkanes) is 3. The first-order chi connectivity index (χ1) is 15.4. The van der Waals surface area contributed by atoms with E-state index in [9.17, 15) is 9.59 Å². The molecule has 1 aliphatic carbocycles. The number of rotatable bonds is 13. The largest absolute Gasteiger partial charge is 0.469 e. The number of carbonyl (C=O) groups is 2. The van der Waals surface area contributed by atoms with E-state index in [1.807, 2.05) is 0 Å². The molecule has 0 aromatic heterocycles.